The van der Waals surface area contributed by atoms with Crippen molar-refractivity contribution < 1.29 is 4.79 Å². The third kappa shape index (κ3) is 4.69. The first-order chi connectivity index (χ1) is 15.7. The zero-order valence-electron chi connectivity index (χ0n) is 20.2. The first-order valence-electron chi connectivity index (χ1n) is 11.5. The first kappa shape index (κ1) is 22.8. The summed E-state index contributed by atoms with van der Waals surface area (Å²) in [6.45, 7) is 11.3. The predicted molar refractivity (Wildman–Crippen MR) is 131 cm³/mol. The average molecular weight is 448 g/mol. The van der Waals surface area contributed by atoms with Crippen LogP contribution in [0.4, 0.5) is 16.6 Å². The Balaban J connectivity index is 1.52. The number of nitrogens with zero attached hydrogens (tertiary/aromatic N) is 6. The summed E-state index contributed by atoms with van der Waals surface area (Å²) in [6.07, 6.45) is 5.54. The van der Waals surface area contributed by atoms with Crippen LogP contribution < -0.4 is 10.2 Å². The van der Waals surface area contributed by atoms with E-state index in [0.29, 0.717) is 30.1 Å². The van der Waals surface area contributed by atoms with E-state index in [4.69, 9.17) is 0 Å². The summed E-state index contributed by atoms with van der Waals surface area (Å²) < 4.78 is 2.03. The van der Waals surface area contributed by atoms with E-state index in [2.05, 4.69) is 72.2 Å². The highest BCUT2D eigenvalue weighted by molar-refractivity contribution is 5.94. The van der Waals surface area contributed by atoms with Crippen molar-refractivity contribution in [2.45, 2.75) is 52.6 Å². The molecule has 1 N–H and O–H groups in total. The topological polar surface area (TPSA) is 79.2 Å². The molecule has 2 aromatic heterocycles. The molecule has 3 heterocycles. The molecule has 8 nitrogen and oxygen atoms in total. The highest BCUT2D eigenvalue weighted by Crippen LogP contribution is 2.27. The van der Waals surface area contributed by atoms with Crippen molar-refractivity contribution in [1.29, 1.82) is 0 Å². The molecule has 0 saturated carbocycles. The number of amides is 2. The van der Waals surface area contributed by atoms with Crippen molar-refractivity contribution in [3.8, 4) is 5.69 Å². The molecule has 2 amide bonds. The highest BCUT2D eigenvalue weighted by atomic mass is 16.2. The Morgan fingerprint density at radius 1 is 1.09 bits per heavy atom. The lowest BCUT2D eigenvalue weighted by Crippen LogP contribution is -2.38. The second kappa shape index (κ2) is 9.21. The Morgan fingerprint density at radius 3 is 2.61 bits per heavy atom. The van der Waals surface area contributed by atoms with Crippen LogP contribution in [-0.2, 0) is 0 Å². The molecular formula is C25H33N7O. The molecule has 33 heavy (non-hydrogen) atoms. The minimum atomic E-state index is -0.104. The Hall–Kier alpha value is -3.42. The average Bonchev–Trinajstić information content (AvgIpc) is 3.40. The lowest BCUT2D eigenvalue weighted by molar-refractivity contribution is 0.229. The molecular weight excluding hydrogens is 414 g/mol. The van der Waals surface area contributed by atoms with Crippen LogP contribution in [0.15, 0.2) is 49.1 Å². The molecule has 0 aliphatic carbocycles. The van der Waals surface area contributed by atoms with Gasteiger partial charge in [0, 0.05) is 31.7 Å². The monoisotopic (exact) mass is 447 g/mol. The summed E-state index contributed by atoms with van der Waals surface area (Å²) in [7, 11) is 1.83. The minimum Gasteiger partial charge on any atom is -0.346 e. The summed E-state index contributed by atoms with van der Waals surface area (Å²) >= 11 is 0. The van der Waals surface area contributed by atoms with Crippen molar-refractivity contribution in [2.24, 2.45) is 5.92 Å². The molecule has 1 aliphatic rings. The summed E-state index contributed by atoms with van der Waals surface area (Å²) in [6, 6.07) is 10.2. The predicted octanol–water partition coefficient (Wildman–Crippen LogP) is 4.86. The molecule has 3 aromatic rings. The van der Waals surface area contributed by atoms with Gasteiger partial charge in [0.05, 0.1) is 24.1 Å². The van der Waals surface area contributed by atoms with E-state index in [1.54, 1.807) is 22.1 Å². The van der Waals surface area contributed by atoms with Crippen molar-refractivity contribution in [3.05, 3.63) is 60.3 Å². The summed E-state index contributed by atoms with van der Waals surface area (Å²) in [4.78, 5) is 29.9. The normalized spacial score (nSPS) is 17.3. The minimum absolute atomic E-state index is 0.0335. The molecule has 0 bridgehead atoms. The van der Waals surface area contributed by atoms with Crippen LogP contribution in [0.1, 0.15) is 57.8 Å². The number of rotatable bonds is 7. The van der Waals surface area contributed by atoms with E-state index in [1.807, 2.05) is 31.1 Å². The number of nitrogens with one attached hydrogen (secondary N) is 1. The largest absolute Gasteiger partial charge is 0.346 e. The SMILES string of the molecule is CC(C)c1cccc(-n2cnc([C@H](C)Nc3nccc(N4C(=O)N(C)CC4C(C)C)n3)c2)c1. The van der Waals surface area contributed by atoms with Crippen LogP contribution in [-0.4, -0.2) is 50.1 Å². The molecule has 1 saturated heterocycles. The van der Waals surface area contributed by atoms with Gasteiger partial charge in [-0.1, -0.05) is 39.8 Å². The van der Waals surface area contributed by atoms with Gasteiger partial charge in [0.25, 0.3) is 0 Å². The number of carbonyl (C=O) groups excluding carboxylic acids is 1. The van der Waals surface area contributed by atoms with Gasteiger partial charge in [0.1, 0.15) is 5.82 Å². The smallest absolute Gasteiger partial charge is 0.325 e. The zero-order valence-corrected chi connectivity index (χ0v) is 20.2. The van der Waals surface area contributed by atoms with Gasteiger partial charge in [-0.3, -0.25) is 4.90 Å². The molecule has 174 valence electrons. The van der Waals surface area contributed by atoms with Crippen LogP contribution in [0.25, 0.3) is 5.69 Å². The van der Waals surface area contributed by atoms with Gasteiger partial charge in [-0.2, -0.15) is 4.98 Å². The lowest BCUT2D eigenvalue weighted by Gasteiger charge is -2.25. The van der Waals surface area contributed by atoms with E-state index in [9.17, 15) is 4.79 Å². The van der Waals surface area contributed by atoms with E-state index in [-0.39, 0.29) is 18.1 Å². The summed E-state index contributed by atoms with van der Waals surface area (Å²) in [5.74, 6) is 1.88. The van der Waals surface area contributed by atoms with Gasteiger partial charge >= 0.3 is 6.03 Å². The number of hydrogen-bond acceptors (Lipinski definition) is 5. The van der Waals surface area contributed by atoms with Crippen molar-refractivity contribution in [2.75, 3.05) is 23.8 Å². The third-order valence-corrected chi connectivity index (χ3v) is 6.21. The maximum Gasteiger partial charge on any atom is 0.325 e. The van der Waals surface area contributed by atoms with Gasteiger partial charge in [-0.05, 0) is 42.5 Å². The highest BCUT2D eigenvalue weighted by Gasteiger charge is 2.38. The quantitative estimate of drug-likeness (QED) is 0.560. The second-order valence-corrected chi connectivity index (χ2v) is 9.40. The van der Waals surface area contributed by atoms with Crippen molar-refractivity contribution >= 4 is 17.8 Å². The molecule has 2 atom stereocenters. The van der Waals surface area contributed by atoms with Gasteiger partial charge in [0.2, 0.25) is 5.95 Å². The summed E-state index contributed by atoms with van der Waals surface area (Å²) in [5, 5.41) is 3.34. The van der Waals surface area contributed by atoms with Crippen LogP contribution >= 0.6 is 0 Å². The molecule has 1 aliphatic heterocycles. The third-order valence-electron chi connectivity index (χ3n) is 6.21. The fraction of sp³-hybridized carbons (Fsp3) is 0.440. The number of likely N-dealkylation sites (N-methyl/N-ethyl adjacent to an activating group) is 1. The van der Waals surface area contributed by atoms with Crippen LogP contribution in [0.2, 0.25) is 0 Å². The van der Waals surface area contributed by atoms with E-state index in [1.165, 1.54) is 5.56 Å². The van der Waals surface area contributed by atoms with Gasteiger partial charge in [-0.25, -0.2) is 14.8 Å². The van der Waals surface area contributed by atoms with Crippen LogP contribution in [0, 0.1) is 5.92 Å². The van der Waals surface area contributed by atoms with E-state index >= 15 is 0 Å². The lowest BCUT2D eigenvalue weighted by atomic mass is 10.0. The Bertz CT molecular complexity index is 1120. The molecule has 0 radical (unpaired) electrons. The number of anilines is 2. The fourth-order valence-electron chi connectivity index (χ4n) is 4.11. The molecule has 1 fully saturated rings. The Labute approximate surface area is 195 Å². The standard InChI is InChI=1S/C25H33N7O/c1-16(2)19-8-7-9-20(12-19)31-13-21(27-15-31)18(5)28-24-26-11-10-23(29-24)32-22(17(3)4)14-30(6)25(32)33/h7-13,15-18,22H,14H2,1-6H3,(H,26,28,29)/t18-,22?/m0/s1. The molecule has 0 spiro atoms. The van der Waals surface area contributed by atoms with Crippen molar-refractivity contribution in [1.82, 2.24) is 24.4 Å². The van der Waals surface area contributed by atoms with E-state index < -0.39 is 0 Å². The first-order valence-corrected chi connectivity index (χ1v) is 11.5. The van der Waals surface area contributed by atoms with Gasteiger partial charge < -0.3 is 14.8 Å². The Morgan fingerprint density at radius 2 is 1.88 bits per heavy atom. The zero-order chi connectivity index (χ0) is 23.7. The molecule has 4 rings (SSSR count). The van der Waals surface area contributed by atoms with Gasteiger partial charge in [-0.15, -0.1) is 0 Å². The van der Waals surface area contributed by atoms with Crippen molar-refractivity contribution in [3.63, 3.8) is 0 Å². The fourth-order valence-corrected chi connectivity index (χ4v) is 4.11. The number of carbonyl (C=O) groups is 1. The number of imidazole rings is 1. The number of aromatic nitrogens is 4. The maximum absolute atomic E-state index is 12.7. The number of benzene rings is 1. The Kier molecular flexibility index (Phi) is 6.35. The molecule has 8 heteroatoms. The molecule has 1 aromatic carbocycles. The van der Waals surface area contributed by atoms with Crippen LogP contribution in [0.5, 0.6) is 0 Å². The van der Waals surface area contributed by atoms with E-state index in [0.717, 1.165) is 11.4 Å². The van der Waals surface area contributed by atoms with Gasteiger partial charge in [0.15, 0.2) is 0 Å². The maximum atomic E-state index is 12.7. The van der Waals surface area contributed by atoms with Crippen LogP contribution in [0.3, 0.4) is 0 Å². The summed E-state index contributed by atoms with van der Waals surface area (Å²) in [5.41, 5.74) is 3.26. The second-order valence-electron chi connectivity index (χ2n) is 9.40. The molecule has 1 unspecified atom stereocenters. The number of hydrogen-bond donors (Lipinski definition) is 1. The number of urea groups is 1.